The van der Waals surface area contributed by atoms with Crippen LogP contribution in [0.5, 0.6) is 0 Å². The van der Waals surface area contributed by atoms with E-state index in [0.717, 1.165) is 23.0 Å². The number of hydrogen-bond acceptors (Lipinski definition) is 8. The molecule has 0 aliphatic heterocycles. The monoisotopic (exact) mass is 422 g/mol. The van der Waals surface area contributed by atoms with E-state index >= 15 is 0 Å². The zero-order valence-corrected chi connectivity index (χ0v) is 16.5. The molecule has 8 nitrogen and oxygen atoms in total. The molecule has 1 heterocycles. The molecule has 0 radical (unpaired) electrons. The van der Waals surface area contributed by atoms with Gasteiger partial charge >= 0.3 is 0 Å². The minimum absolute atomic E-state index is 0.108. The van der Waals surface area contributed by atoms with Crippen molar-refractivity contribution in [2.24, 2.45) is 0 Å². The third kappa shape index (κ3) is 4.81. The molecule has 11 heteroatoms. The Morgan fingerprint density at radius 2 is 1.93 bits per heavy atom. The standard InChI is InChI=1S/C16H14N4O4S3/c1-11-7-8-13(20(21)22)9-14(11)27(23,24)19-15-17-18-16(26-15)25-10-12-5-3-2-4-6-12/h2-9H,10H2,1H3,(H,17,19). The van der Waals surface area contributed by atoms with Crippen LogP contribution in [0.15, 0.2) is 57.8 Å². The van der Waals surface area contributed by atoms with Crippen LogP contribution in [0.1, 0.15) is 11.1 Å². The molecule has 1 aromatic heterocycles. The van der Waals surface area contributed by atoms with Gasteiger partial charge in [0.1, 0.15) is 0 Å². The average Bonchev–Trinajstić information content (AvgIpc) is 3.07. The van der Waals surface area contributed by atoms with Crippen molar-refractivity contribution in [1.29, 1.82) is 0 Å². The molecule has 0 unspecified atom stereocenters. The van der Waals surface area contributed by atoms with Crippen LogP contribution < -0.4 is 4.72 Å². The van der Waals surface area contributed by atoms with Crippen LogP contribution in [-0.4, -0.2) is 23.5 Å². The highest BCUT2D eigenvalue weighted by Crippen LogP contribution is 2.30. The lowest BCUT2D eigenvalue weighted by Crippen LogP contribution is -2.14. The molecule has 3 rings (SSSR count). The summed E-state index contributed by atoms with van der Waals surface area (Å²) in [5, 5.41) is 18.8. The van der Waals surface area contributed by atoms with E-state index in [2.05, 4.69) is 14.9 Å². The summed E-state index contributed by atoms with van der Waals surface area (Å²) in [6.45, 7) is 1.57. The number of sulfonamides is 1. The van der Waals surface area contributed by atoms with E-state index in [4.69, 9.17) is 0 Å². The molecule has 0 aliphatic carbocycles. The van der Waals surface area contributed by atoms with Crippen LogP contribution in [-0.2, 0) is 15.8 Å². The minimum atomic E-state index is -4.01. The number of nitro groups is 1. The Bertz CT molecular complexity index is 1070. The average molecular weight is 423 g/mol. The van der Waals surface area contributed by atoms with Gasteiger partial charge in [0, 0.05) is 17.9 Å². The normalized spacial score (nSPS) is 11.3. The molecule has 0 amide bonds. The molecule has 3 aromatic rings. The molecular formula is C16H14N4O4S3. The van der Waals surface area contributed by atoms with Gasteiger partial charge in [-0.2, -0.15) is 0 Å². The fourth-order valence-corrected chi connectivity index (χ4v) is 5.39. The van der Waals surface area contributed by atoms with Crippen molar-refractivity contribution in [1.82, 2.24) is 10.2 Å². The molecule has 0 fully saturated rings. The van der Waals surface area contributed by atoms with E-state index in [0.29, 0.717) is 15.7 Å². The van der Waals surface area contributed by atoms with Gasteiger partial charge in [0.15, 0.2) is 4.34 Å². The number of benzene rings is 2. The van der Waals surface area contributed by atoms with Gasteiger partial charge in [-0.3, -0.25) is 14.8 Å². The highest BCUT2D eigenvalue weighted by Gasteiger charge is 2.22. The lowest BCUT2D eigenvalue weighted by Gasteiger charge is -2.07. The van der Waals surface area contributed by atoms with Crippen molar-refractivity contribution in [3.05, 3.63) is 69.8 Å². The van der Waals surface area contributed by atoms with E-state index in [1.54, 1.807) is 6.92 Å². The maximum atomic E-state index is 12.6. The van der Waals surface area contributed by atoms with Crippen molar-refractivity contribution in [3.63, 3.8) is 0 Å². The van der Waals surface area contributed by atoms with Gasteiger partial charge in [-0.05, 0) is 18.1 Å². The lowest BCUT2D eigenvalue weighted by molar-refractivity contribution is -0.385. The third-order valence-corrected chi connectivity index (χ3v) is 7.16. The van der Waals surface area contributed by atoms with Gasteiger partial charge in [-0.15, -0.1) is 10.2 Å². The van der Waals surface area contributed by atoms with Crippen LogP contribution in [0, 0.1) is 17.0 Å². The van der Waals surface area contributed by atoms with Gasteiger partial charge in [-0.1, -0.05) is 59.5 Å². The number of thioether (sulfide) groups is 1. The first-order valence-electron chi connectivity index (χ1n) is 7.63. The number of aromatic nitrogens is 2. The topological polar surface area (TPSA) is 115 Å². The number of rotatable bonds is 7. The molecule has 140 valence electrons. The number of hydrogen-bond donors (Lipinski definition) is 1. The highest BCUT2D eigenvalue weighted by atomic mass is 32.2. The Kier molecular flexibility index (Phi) is 5.73. The van der Waals surface area contributed by atoms with Crippen LogP contribution >= 0.6 is 23.1 Å². The fraction of sp³-hybridized carbons (Fsp3) is 0.125. The maximum absolute atomic E-state index is 12.6. The molecular weight excluding hydrogens is 408 g/mol. The van der Waals surface area contributed by atoms with E-state index < -0.39 is 14.9 Å². The van der Waals surface area contributed by atoms with Gasteiger partial charge in [0.05, 0.1) is 9.82 Å². The molecule has 0 spiro atoms. The molecule has 0 aliphatic rings. The summed E-state index contributed by atoms with van der Waals surface area (Å²) in [6.07, 6.45) is 0. The molecule has 0 atom stereocenters. The summed E-state index contributed by atoms with van der Waals surface area (Å²) in [4.78, 5) is 10.1. The third-order valence-electron chi connectivity index (χ3n) is 3.51. The first-order chi connectivity index (χ1) is 12.8. The first kappa shape index (κ1) is 19.3. The molecule has 2 aromatic carbocycles. The second-order valence-electron chi connectivity index (χ2n) is 5.46. The summed E-state index contributed by atoms with van der Waals surface area (Å²) in [6, 6.07) is 13.5. The van der Waals surface area contributed by atoms with E-state index in [1.807, 2.05) is 30.3 Å². The van der Waals surface area contributed by atoms with Gasteiger partial charge in [0.2, 0.25) is 5.13 Å². The fourth-order valence-electron chi connectivity index (χ4n) is 2.19. The first-order valence-corrected chi connectivity index (χ1v) is 10.9. The minimum Gasteiger partial charge on any atom is -0.258 e. The predicted octanol–water partition coefficient (Wildman–Crippen LogP) is 3.85. The Balaban J connectivity index is 1.74. The highest BCUT2D eigenvalue weighted by molar-refractivity contribution is 8.00. The SMILES string of the molecule is Cc1ccc([N+](=O)[O-])cc1S(=O)(=O)Nc1nnc(SCc2ccccc2)s1. The Hall–Kier alpha value is -2.50. The molecule has 0 saturated carbocycles. The van der Waals surface area contributed by atoms with Crippen molar-refractivity contribution in [3.8, 4) is 0 Å². The Labute approximate surface area is 163 Å². The van der Waals surface area contributed by atoms with Crippen molar-refractivity contribution >= 4 is 43.9 Å². The second kappa shape index (κ2) is 8.03. The van der Waals surface area contributed by atoms with Gasteiger partial charge in [-0.25, -0.2) is 8.42 Å². The number of nitro benzene ring substituents is 1. The molecule has 1 N–H and O–H groups in total. The van der Waals surface area contributed by atoms with Crippen molar-refractivity contribution in [2.45, 2.75) is 21.9 Å². The Morgan fingerprint density at radius 1 is 1.19 bits per heavy atom. The summed E-state index contributed by atoms with van der Waals surface area (Å²) in [7, 11) is -4.01. The second-order valence-corrected chi connectivity index (χ2v) is 9.31. The summed E-state index contributed by atoms with van der Waals surface area (Å²) in [5.41, 5.74) is 1.22. The van der Waals surface area contributed by atoms with Crippen LogP contribution in [0.2, 0.25) is 0 Å². The van der Waals surface area contributed by atoms with Gasteiger partial charge < -0.3 is 0 Å². The van der Waals surface area contributed by atoms with Crippen LogP contribution in [0.4, 0.5) is 10.8 Å². The summed E-state index contributed by atoms with van der Waals surface area (Å²) >= 11 is 2.55. The number of nitrogens with zero attached hydrogens (tertiary/aromatic N) is 3. The zero-order valence-electron chi connectivity index (χ0n) is 14.0. The van der Waals surface area contributed by atoms with Gasteiger partial charge in [0.25, 0.3) is 15.7 Å². The van der Waals surface area contributed by atoms with Crippen LogP contribution in [0.3, 0.4) is 0 Å². The van der Waals surface area contributed by atoms with Crippen molar-refractivity contribution in [2.75, 3.05) is 4.72 Å². The molecule has 0 saturated heterocycles. The smallest absolute Gasteiger partial charge is 0.258 e. The number of nitrogens with one attached hydrogen (secondary N) is 1. The lowest BCUT2D eigenvalue weighted by atomic mass is 10.2. The number of non-ortho nitro benzene ring substituents is 1. The number of anilines is 1. The predicted molar refractivity (Wildman–Crippen MR) is 105 cm³/mol. The zero-order chi connectivity index (χ0) is 19.4. The quantitative estimate of drug-likeness (QED) is 0.349. The maximum Gasteiger partial charge on any atom is 0.270 e. The molecule has 0 bridgehead atoms. The van der Waals surface area contributed by atoms with Crippen molar-refractivity contribution < 1.29 is 13.3 Å². The van der Waals surface area contributed by atoms with E-state index in [-0.39, 0.29) is 15.7 Å². The molecule has 27 heavy (non-hydrogen) atoms. The summed E-state index contributed by atoms with van der Waals surface area (Å²) in [5.74, 6) is 0.687. The van der Waals surface area contributed by atoms with Crippen LogP contribution in [0.25, 0.3) is 0 Å². The largest absolute Gasteiger partial charge is 0.270 e. The Morgan fingerprint density at radius 3 is 2.63 bits per heavy atom. The number of aryl methyl sites for hydroxylation is 1. The summed E-state index contributed by atoms with van der Waals surface area (Å²) < 4.78 is 28.1. The van der Waals surface area contributed by atoms with E-state index in [9.17, 15) is 18.5 Å². The van der Waals surface area contributed by atoms with E-state index in [1.165, 1.54) is 23.9 Å².